The zero-order valence-corrected chi connectivity index (χ0v) is 31.3. The van der Waals surface area contributed by atoms with Gasteiger partial charge >= 0.3 is 11.9 Å². The number of hydrogen-bond acceptors (Lipinski definition) is 9. The van der Waals surface area contributed by atoms with Crippen LogP contribution in [0, 0.1) is 25.6 Å². The molecule has 4 heterocycles. The highest BCUT2D eigenvalue weighted by Gasteiger charge is 2.45. The summed E-state index contributed by atoms with van der Waals surface area (Å²) in [4.78, 5) is 48.1. The number of hydrogen-bond donors (Lipinski definition) is 2. The maximum Gasteiger partial charge on any atom is 0.328 e. The number of carbonyl (C=O) groups is 3. The topological polar surface area (TPSA) is 165 Å². The number of likely N-dealkylation sites (tertiary alicyclic amines) is 1. The summed E-state index contributed by atoms with van der Waals surface area (Å²) >= 11 is 0. The lowest BCUT2D eigenvalue weighted by molar-refractivity contribution is -0.134. The van der Waals surface area contributed by atoms with Crippen molar-refractivity contribution in [2.24, 2.45) is 5.92 Å². The second kappa shape index (κ2) is 16.5. The van der Waals surface area contributed by atoms with Crippen LogP contribution in [0.5, 0.6) is 0 Å². The summed E-state index contributed by atoms with van der Waals surface area (Å²) in [5.74, 6) is -2.46. The minimum absolute atomic E-state index is 0.00866. The number of nitrogens with zero attached hydrogens (tertiary/aromatic N) is 6. The fraction of sp³-hybridized carbons (Fsp3) is 0.595. The van der Waals surface area contributed by atoms with Gasteiger partial charge in [0.15, 0.2) is 0 Å². The number of rotatable bonds is 9. The Kier molecular flexibility index (Phi) is 12.5. The molecule has 52 heavy (non-hydrogen) atoms. The van der Waals surface area contributed by atoms with Crippen molar-refractivity contribution in [2.75, 3.05) is 45.8 Å². The lowest BCUT2D eigenvalue weighted by Crippen LogP contribution is -2.63. The molecule has 0 radical (unpaired) electrons. The van der Waals surface area contributed by atoms with Crippen LogP contribution >= 0.6 is 0 Å². The predicted molar refractivity (Wildman–Crippen MR) is 193 cm³/mol. The van der Waals surface area contributed by atoms with E-state index in [-0.39, 0.29) is 40.5 Å². The van der Waals surface area contributed by atoms with Crippen molar-refractivity contribution in [3.05, 3.63) is 71.1 Å². The highest BCUT2D eigenvalue weighted by Crippen LogP contribution is 2.41. The molecule has 13 nitrogen and oxygen atoms in total. The van der Waals surface area contributed by atoms with Crippen LogP contribution < -0.4 is 0 Å². The number of halogens is 1. The van der Waals surface area contributed by atoms with E-state index in [9.17, 15) is 27.2 Å². The van der Waals surface area contributed by atoms with Crippen molar-refractivity contribution in [3.8, 4) is 0 Å². The van der Waals surface area contributed by atoms with Crippen LogP contribution in [0.25, 0.3) is 0 Å². The van der Waals surface area contributed by atoms with E-state index in [4.69, 9.17) is 10.2 Å². The van der Waals surface area contributed by atoms with Gasteiger partial charge in [0.1, 0.15) is 12.1 Å². The summed E-state index contributed by atoms with van der Waals surface area (Å²) < 4.78 is 42.0. The fourth-order valence-corrected chi connectivity index (χ4v) is 9.91. The minimum Gasteiger partial charge on any atom is -0.478 e. The SMILES string of the molecule is Cc1ncnc(C)c1C(=O)N1CCC(C)(N2CCN([C@H](c3cccc(F)c3)C3CCN(S(=O)(=O)C4CC4)CC3)[C@H](C)C2)CC1.O=C(O)/C=C/C(=O)O. The van der Waals surface area contributed by atoms with E-state index in [0.717, 1.165) is 75.1 Å². The monoisotopic (exact) mass is 742 g/mol. The molecule has 15 heteroatoms. The third-order valence-corrected chi connectivity index (χ3v) is 13.6. The lowest BCUT2D eigenvalue weighted by Gasteiger charge is -2.54. The highest BCUT2D eigenvalue weighted by atomic mass is 32.2. The summed E-state index contributed by atoms with van der Waals surface area (Å²) in [6.45, 7) is 13.5. The molecule has 1 aromatic carbocycles. The van der Waals surface area contributed by atoms with Crippen molar-refractivity contribution in [1.82, 2.24) is 29.0 Å². The predicted octanol–water partition coefficient (Wildman–Crippen LogP) is 3.89. The third-order valence-electron chi connectivity index (χ3n) is 11.2. The number of aromatic nitrogens is 2. The van der Waals surface area contributed by atoms with Crippen LogP contribution in [-0.4, -0.2) is 128 Å². The second-order valence-electron chi connectivity index (χ2n) is 14.7. The van der Waals surface area contributed by atoms with Gasteiger partial charge in [0.2, 0.25) is 10.0 Å². The van der Waals surface area contributed by atoms with E-state index < -0.39 is 22.0 Å². The van der Waals surface area contributed by atoms with Gasteiger partial charge in [-0.2, -0.15) is 0 Å². The Balaban J connectivity index is 0.000000587. The van der Waals surface area contributed by atoms with Crippen molar-refractivity contribution in [3.63, 3.8) is 0 Å². The molecule has 1 saturated carbocycles. The number of aliphatic carboxylic acids is 2. The number of aryl methyl sites for hydroxylation is 2. The zero-order valence-electron chi connectivity index (χ0n) is 30.4. The quantitative estimate of drug-likeness (QED) is 0.359. The molecule has 0 bridgehead atoms. The van der Waals surface area contributed by atoms with E-state index in [1.165, 1.54) is 12.4 Å². The Hall–Kier alpha value is -3.79. The average Bonchev–Trinajstić information content (AvgIpc) is 3.96. The smallest absolute Gasteiger partial charge is 0.328 e. The van der Waals surface area contributed by atoms with Crippen molar-refractivity contribution in [1.29, 1.82) is 0 Å². The van der Waals surface area contributed by atoms with Gasteiger partial charge in [-0.1, -0.05) is 12.1 Å². The van der Waals surface area contributed by atoms with Crippen LogP contribution in [0.1, 0.15) is 85.7 Å². The molecule has 4 aliphatic rings. The first-order valence-corrected chi connectivity index (χ1v) is 19.6. The highest BCUT2D eigenvalue weighted by molar-refractivity contribution is 7.90. The minimum atomic E-state index is -3.18. The van der Waals surface area contributed by atoms with Gasteiger partial charge in [0, 0.05) is 75.6 Å². The zero-order chi connectivity index (χ0) is 37.8. The van der Waals surface area contributed by atoms with Gasteiger partial charge in [-0.05, 0) is 89.8 Å². The van der Waals surface area contributed by atoms with E-state index in [0.29, 0.717) is 43.9 Å². The molecule has 1 aliphatic carbocycles. The van der Waals surface area contributed by atoms with Crippen LogP contribution in [0.2, 0.25) is 0 Å². The molecule has 0 spiro atoms. The maximum atomic E-state index is 14.5. The molecule has 284 valence electrons. The standard InChI is InChI=1S/C33H47FN6O3S.C4H4O4/c1-23-21-38(33(4)12-16-37(17-13-33)32(41)30-24(2)35-22-36-25(30)3)18-19-40(23)31(27-6-5-7-28(34)20-27)26-10-14-39(15-11-26)44(42,43)29-8-9-29;5-3(6)1-2-4(7)8/h5-7,20,22-23,26,29,31H,8-19,21H2,1-4H3;1-2H,(H,5,6)(H,7,8)/b;2-1+/t23-,31+;/m1./s1. The molecule has 4 fully saturated rings. The van der Waals surface area contributed by atoms with E-state index in [1.807, 2.05) is 24.8 Å². The molecule has 2 aromatic rings. The van der Waals surface area contributed by atoms with Crippen LogP contribution in [0.3, 0.4) is 0 Å². The van der Waals surface area contributed by atoms with Crippen LogP contribution in [-0.2, 0) is 19.6 Å². The van der Waals surface area contributed by atoms with Gasteiger partial charge in [0.25, 0.3) is 5.91 Å². The number of sulfonamides is 1. The summed E-state index contributed by atoms with van der Waals surface area (Å²) in [5.41, 5.74) is 3.05. The first-order valence-electron chi connectivity index (χ1n) is 18.1. The number of benzene rings is 1. The molecule has 0 unspecified atom stereocenters. The van der Waals surface area contributed by atoms with E-state index in [1.54, 1.807) is 16.4 Å². The Morgan fingerprint density at radius 1 is 0.923 bits per heavy atom. The van der Waals surface area contributed by atoms with Crippen molar-refractivity contribution < 1.29 is 37.4 Å². The second-order valence-corrected chi connectivity index (χ2v) is 16.9. The number of amides is 1. The van der Waals surface area contributed by atoms with Gasteiger partial charge in [-0.25, -0.2) is 36.7 Å². The molecular formula is C37H51FN6O7S. The first-order chi connectivity index (χ1) is 24.6. The van der Waals surface area contributed by atoms with Gasteiger partial charge in [0.05, 0.1) is 22.2 Å². The third kappa shape index (κ3) is 9.22. The summed E-state index contributed by atoms with van der Waals surface area (Å²) in [7, 11) is -3.18. The lowest BCUT2D eigenvalue weighted by atomic mass is 9.82. The molecular weight excluding hydrogens is 692 g/mol. The van der Waals surface area contributed by atoms with Gasteiger partial charge in [-0.15, -0.1) is 0 Å². The van der Waals surface area contributed by atoms with E-state index >= 15 is 0 Å². The molecule has 2 N–H and O–H groups in total. The van der Waals surface area contributed by atoms with Crippen molar-refractivity contribution in [2.45, 2.75) is 89.1 Å². The summed E-state index contributed by atoms with van der Waals surface area (Å²) in [6, 6.07) is 7.29. The van der Waals surface area contributed by atoms with Gasteiger partial charge < -0.3 is 15.1 Å². The largest absolute Gasteiger partial charge is 0.478 e. The molecule has 1 aromatic heterocycles. The Morgan fingerprint density at radius 3 is 2.04 bits per heavy atom. The number of carboxylic acids is 2. The normalized spacial score (nSPS) is 22.8. The molecule has 3 aliphatic heterocycles. The Labute approximate surface area is 305 Å². The molecule has 6 rings (SSSR count). The summed E-state index contributed by atoms with van der Waals surface area (Å²) in [6.07, 6.45) is 7.56. The number of piperidine rings is 2. The molecule has 1 amide bonds. The molecule has 3 saturated heterocycles. The van der Waals surface area contributed by atoms with Crippen molar-refractivity contribution >= 4 is 27.9 Å². The van der Waals surface area contributed by atoms with Crippen LogP contribution in [0.4, 0.5) is 4.39 Å². The Morgan fingerprint density at radius 2 is 1.52 bits per heavy atom. The van der Waals surface area contributed by atoms with Crippen LogP contribution in [0.15, 0.2) is 42.7 Å². The maximum absolute atomic E-state index is 14.5. The summed E-state index contributed by atoms with van der Waals surface area (Å²) in [5, 5.41) is 15.4. The molecule has 2 atom stereocenters. The average molecular weight is 743 g/mol. The number of carbonyl (C=O) groups excluding carboxylic acids is 1. The first kappa shape index (κ1) is 39.4. The van der Waals surface area contributed by atoms with E-state index in [2.05, 4.69) is 33.6 Å². The number of carboxylic acid groups (broad SMARTS) is 2. The number of piperazine rings is 1. The van der Waals surface area contributed by atoms with Gasteiger partial charge in [-0.3, -0.25) is 14.6 Å². The Bertz CT molecular complexity index is 1720. The fourth-order valence-electron chi connectivity index (χ4n) is 8.03.